The molecule has 116 heavy (non-hydrogen) atoms. The summed E-state index contributed by atoms with van der Waals surface area (Å²) < 4.78 is 115. The number of hydrogen-bond donors (Lipinski definition) is 6. The van der Waals surface area contributed by atoms with Gasteiger partial charge < -0.3 is 63.4 Å². The van der Waals surface area contributed by atoms with Crippen molar-refractivity contribution < 1.29 is 74.5 Å². The van der Waals surface area contributed by atoms with Crippen LogP contribution in [0.1, 0.15) is 182 Å². The fourth-order valence-electron chi connectivity index (χ4n) is 11.6. The Hall–Kier alpha value is -11.6. The molecule has 0 aliphatic carbocycles. The smallest absolute Gasteiger partial charge is 0.490 e. The predicted octanol–water partition coefficient (Wildman–Crippen LogP) is 13.3. The zero-order valence-electron chi connectivity index (χ0n) is 65.2. The summed E-state index contributed by atoms with van der Waals surface area (Å²) >= 11 is 3.28. The van der Waals surface area contributed by atoms with E-state index in [9.17, 15) is 55.9 Å². The van der Waals surface area contributed by atoms with Gasteiger partial charge in [0.25, 0.3) is 37.0 Å². The molecule has 31 nitrogen and oxygen atoms in total. The standard InChI is InChI=1S/C21H20BF2N7O3.C21H18BrF2N7O.C21H19F2N7O2.C12H24B2O4/c1-12(2)30-11-26-9-17(30)16-4-3-5-18(27-16)28-21(32)15-10-31(29-19(15)20(23)24)14-6-13(22(33)34)7-25-8-14;1-12(2)30-11-26-9-17(30)16-4-3-5-18(27-16)28-21(32)15-10-31(29-19(15)20(23)24)14-6-13(22)7-25-8-14;1-12(2)29-11-25-9-17(29)16-4-3-5-18(26-16)27-21(32)15-10-30(28-19(15)20(22)23)13-6-14(31)8-24-7-13;1-9(2)10(3,4)16-13(15-9)14-17-11(5,6)12(7,8)18-14/h3-12,20,33-34H,1-2H3,(H,27,28,32);3-12,20H,1-2H3,(H,27,28,32);3-12,20,31H,1-2H3,(H,26,27,32);1-8H3. The normalized spacial score (nSPS) is 14.5. The van der Waals surface area contributed by atoms with Crippen molar-refractivity contribution in [2.24, 2.45) is 0 Å². The Balaban J connectivity index is 0.000000155. The van der Waals surface area contributed by atoms with Crippen LogP contribution in [0.5, 0.6) is 5.75 Å². The summed E-state index contributed by atoms with van der Waals surface area (Å²) in [5, 5.41) is 47.4. The third-order valence-electron chi connectivity index (χ3n) is 19.0. The first-order valence-corrected chi connectivity index (χ1v) is 36.9. The molecular weight excluding hydrogens is 1580 g/mol. The first-order chi connectivity index (χ1) is 54.8. The predicted molar refractivity (Wildman–Crippen MR) is 422 cm³/mol. The molecule has 12 aromatic heterocycles. The number of rotatable bonds is 20. The quantitative estimate of drug-likeness (QED) is 0.0305. The first-order valence-electron chi connectivity index (χ1n) is 36.1. The summed E-state index contributed by atoms with van der Waals surface area (Å²) in [6.45, 7) is 28.2. The van der Waals surface area contributed by atoms with Crippen LogP contribution in [0.4, 0.5) is 43.8 Å². The Labute approximate surface area is 670 Å². The molecule has 3 amide bonds. The van der Waals surface area contributed by atoms with Crippen molar-refractivity contribution in [1.29, 1.82) is 0 Å². The maximum Gasteiger partial charge on any atom is 0.490 e. The van der Waals surface area contributed by atoms with Gasteiger partial charge in [0.2, 0.25) is 0 Å². The van der Waals surface area contributed by atoms with Crippen LogP contribution in [0.25, 0.3) is 51.2 Å². The lowest BCUT2D eigenvalue weighted by Crippen LogP contribution is -2.41. The number of carbonyl (C=O) groups is 3. The van der Waals surface area contributed by atoms with E-state index in [0.29, 0.717) is 27.2 Å². The number of anilines is 3. The second kappa shape index (κ2) is 35.2. The maximum atomic E-state index is 13.7. The number of hydrogen-bond acceptors (Lipinski definition) is 22. The Bertz CT molecular complexity index is 5220. The zero-order valence-corrected chi connectivity index (χ0v) is 66.8. The van der Waals surface area contributed by atoms with Crippen LogP contribution in [0.3, 0.4) is 0 Å². The zero-order chi connectivity index (χ0) is 84.0. The van der Waals surface area contributed by atoms with Gasteiger partial charge in [0.05, 0.1) is 153 Å². The van der Waals surface area contributed by atoms with Gasteiger partial charge in [-0.25, -0.2) is 70.3 Å². The van der Waals surface area contributed by atoms with Gasteiger partial charge in [0, 0.05) is 65.1 Å². The highest BCUT2D eigenvalue weighted by Crippen LogP contribution is 2.43. The molecule has 0 unspecified atom stereocenters. The van der Waals surface area contributed by atoms with Crippen LogP contribution in [-0.4, -0.2) is 164 Å². The highest BCUT2D eigenvalue weighted by molar-refractivity contribution is 9.10. The molecule has 604 valence electrons. The molecule has 12 aromatic rings. The average molecular weight is 1660 g/mol. The van der Waals surface area contributed by atoms with E-state index in [1.807, 2.05) is 111 Å². The summed E-state index contributed by atoms with van der Waals surface area (Å²) in [6.07, 6.45) is 12.7. The largest absolute Gasteiger partial charge is 0.506 e. The van der Waals surface area contributed by atoms with E-state index >= 15 is 0 Å². The second-order valence-electron chi connectivity index (χ2n) is 29.3. The SMILES string of the molecule is CC(C)n1cncc1-c1cccc(NC(=O)c2cn(-c3cncc(B(O)O)c3)nc2C(F)F)n1.CC(C)n1cncc1-c1cccc(NC(=O)c2cn(-c3cncc(Br)c3)nc2C(F)F)n1.CC(C)n1cncc1-c1cccc(NC(=O)c2cn(-c3cncc(O)c3)nc2C(F)F)n1.CC1(C)OB(B2OC(C)(C)C(C)(C)O2)OC1(C)C. The van der Waals surface area contributed by atoms with Crippen LogP contribution >= 0.6 is 15.9 Å². The van der Waals surface area contributed by atoms with Crippen molar-refractivity contribution in [3.63, 3.8) is 0 Å². The summed E-state index contributed by atoms with van der Waals surface area (Å²) in [5.41, 5.74) is 0.458. The molecule has 0 saturated carbocycles. The molecule has 6 N–H and O–H groups in total. The van der Waals surface area contributed by atoms with Gasteiger partial charge >= 0.3 is 21.1 Å². The summed E-state index contributed by atoms with van der Waals surface area (Å²) in [6, 6.07) is 19.8. The number of amides is 3. The van der Waals surface area contributed by atoms with E-state index < -0.39 is 75.2 Å². The minimum Gasteiger partial charge on any atom is -0.506 e. The Morgan fingerprint density at radius 2 is 0.750 bits per heavy atom. The van der Waals surface area contributed by atoms with Crippen molar-refractivity contribution in [3.8, 4) is 57.0 Å². The lowest BCUT2D eigenvalue weighted by atomic mass is 9.49. The summed E-state index contributed by atoms with van der Waals surface area (Å²) in [7, 11) is -2.75. The lowest BCUT2D eigenvalue weighted by molar-refractivity contribution is 0.00578. The first kappa shape index (κ1) is 85.3. The van der Waals surface area contributed by atoms with E-state index in [2.05, 4.69) is 92.0 Å². The number of carbonyl (C=O) groups excluding carboxylic acids is 3. The summed E-state index contributed by atoms with van der Waals surface area (Å²) in [5.74, 6) is -1.94. The van der Waals surface area contributed by atoms with E-state index in [1.54, 1.807) is 104 Å². The van der Waals surface area contributed by atoms with Crippen molar-refractivity contribution in [3.05, 3.63) is 204 Å². The number of alkyl halides is 6. The van der Waals surface area contributed by atoms with Crippen LogP contribution in [0.2, 0.25) is 0 Å². The van der Waals surface area contributed by atoms with Crippen molar-refractivity contribution >= 4 is 77.7 Å². The molecular formula is C75H81B3BrF6N21O10. The molecule has 0 atom stereocenters. The van der Waals surface area contributed by atoms with Crippen molar-refractivity contribution in [2.45, 2.75) is 157 Å². The second-order valence-corrected chi connectivity index (χ2v) is 30.2. The van der Waals surface area contributed by atoms with Crippen LogP contribution < -0.4 is 21.4 Å². The van der Waals surface area contributed by atoms with Crippen LogP contribution in [-0.2, 0) is 18.6 Å². The average Bonchev–Trinajstić information content (AvgIpc) is 1.59. The van der Waals surface area contributed by atoms with Crippen molar-refractivity contribution in [2.75, 3.05) is 16.0 Å². The summed E-state index contributed by atoms with van der Waals surface area (Å²) in [4.78, 5) is 75.9. The molecule has 2 saturated heterocycles. The minimum atomic E-state index is -3.03. The molecule has 2 aliphatic heterocycles. The molecule has 14 heterocycles. The number of nitrogens with one attached hydrogen (secondary N) is 3. The molecule has 14 rings (SSSR count). The van der Waals surface area contributed by atoms with E-state index in [-0.39, 0.29) is 97.3 Å². The van der Waals surface area contributed by atoms with Gasteiger partial charge in [-0.1, -0.05) is 18.2 Å². The van der Waals surface area contributed by atoms with Crippen LogP contribution in [0.15, 0.2) is 171 Å². The van der Waals surface area contributed by atoms with E-state index in [4.69, 9.17) is 18.6 Å². The van der Waals surface area contributed by atoms with Gasteiger partial charge in [-0.2, -0.15) is 15.3 Å². The van der Waals surface area contributed by atoms with Gasteiger partial charge in [-0.3, -0.25) is 29.3 Å². The number of halogens is 7. The molecule has 0 spiro atoms. The monoisotopic (exact) mass is 1660 g/mol. The van der Waals surface area contributed by atoms with Crippen LogP contribution in [0, 0.1) is 0 Å². The van der Waals surface area contributed by atoms with Gasteiger partial charge in [0.15, 0.2) is 0 Å². The number of aromatic hydroxyl groups is 1. The number of aromatic nitrogens is 18. The molecule has 0 aromatic carbocycles. The fourth-order valence-corrected chi connectivity index (χ4v) is 11.9. The molecule has 0 radical (unpaired) electrons. The molecule has 0 bridgehead atoms. The van der Waals surface area contributed by atoms with E-state index in [0.717, 1.165) is 38.8 Å². The maximum absolute atomic E-state index is 13.7. The molecule has 41 heteroatoms. The van der Waals surface area contributed by atoms with E-state index in [1.165, 1.54) is 54.0 Å². The highest BCUT2D eigenvalue weighted by atomic mass is 79.9. The molecule has 2 aliphatic rings. The van der Waals surface area contributed by atoms with Gasteiger partial charge in [-0.05, 0) is 161 Å². The third-order valence-corrected chi connectivity index (χ3v) is 19.4. The fraction of sp³-hybridized carbons (Fsp3) is 0.320. The number of pyridine rings is 6. The van der Waals surface area contributed by atoms with Crippen molar-refractivity contribution in [1.82, 2.24) is 87.9 Å². The minimum absolute atomic E-state index is 0.0410. The lowest BCUT2D eigenvalue weighted by Gasteiger charge is -2.32. The Kier molecular flexibility index (Phi) is 25.9. The number of imidazole rings is 3. The highest BCUT2D eigenvalue weighted by Gasteiger charge is 2.64. The van der Waals surface area contributed by atoms with Gasteiger partial charge in [0.1, 0.15) is 40.3 Å². The Morgan fingerprint density at radius 3 is 1.05 bits per heavy atom. The number of nitrogens with zero attached hydrogens (tertiary/aromatic N) is 18. The topological polar surface area (TPSA) is 369 Å². The Morgan fingerprint density at radius 1 is 0.440 bits per heavy atom. The molecule has 2 fully saturated rings. The third kappa shape index (κ3) is 19.5. The van der Waals surface area contributed by atoms with Gasteiger partial charge in [-0.15, -0.1) is 0 Å².